The number of nitrogens with zero attached hydrogens (tertiary/aromatic N) is 1. The van der Waals surface area contributed by atoms with Gasteiger partial charge in [0.25, 0.3) is 5.91 Å². The van der Waals surface area contributed by atoms with E-state index in [1.165, 1.54) is 6.92 Å². The molecule has 5 nitrogen and oxygen atoms in total. The van der Waals surface area contributed by atoms with Crippen molar-refractivity contribution >= 4 is 33.7 Å². The summed E-state index contributed by atoms with van der Waals surface area (Å²) in [6.07, 6.45) is 0. The van der Waals surface area contributed by atoms with Crippen molar-refractivity contribution < 1.29 is 14.4 Å². The highest BCUT2D eigenvalue weighted by Crippen LogP contribution is 2.22. The van der Waals surface area contributed by atoms with Gasteiger partial charge in [-0.3, -0.25) is 9.59 Å². The van der Waals surface area contributed by atoms with Gasteiger partial charge in [-0.25, -0.2) is 9.69 Å². The second kappa shape index (κ2) is 3.34. The Morgan fingerprint density at radius 2 is 2.00 bits per heavy atom. The molecule has 1 atom stereocenters. The first kappa shape index (κ1) is 11.2. The lowest BCUT2D eigenvalue weighted by atomic mass is 10.1. The van der Waals surface area contributed by atoms with E-state index in [-0.39, 0.29) is 5.78 Å². The van der Waals surface area contributed by atoms with E-state index in [9.17, 15) is 14.4 Å². The summed E-state index contributed by atoms with van der Waals surface area (Å²) in [5.74, 6) is -0.689. The molecule has 1 N–H and O–H groups in total. The Balaban J connectivity index is 2.97. The maximum absolute atomic E-state index is 11.6. The maximum atomic E-state index is 11.6. The lowest BCUT2D eigenvalue weighted by molar-refractivity contribution is -0.133. The summed E-state index contributed by atoms with van der Waals surface area (Å²) in [7, 11) is 0. The van der Waals surface area contributed by atoms with Crippen molar-refractivity contribution in [2.75, 3.05) is 0 Å². The van der Waals surface area contributed by atoms with Crippen LogP contribution in [-0.2, 0) is 9.59 Å². The Hall–Kier alpha value is -0.910. The summed E-state index contributed by atoms with van der Waals surface area (Å²) in [6.45, 7) is 4.49. The van der Waals surface area contributed by atoms with Gasteiger partial charge < -0.3 is 5.32 Å². The molecule has 3 amide bonds. The van der Waals surface area contributed by atoms with Gasteiger partial charge in [0.15, 0.2) is 10.7 Å². The number of imide groups is 1. The van der Waals surface area contributed by atoms with Crippen LogP contribution in [0.25, 0.3) is 0 Å². The third-order valence-electron chi connectivity index (χ3n) is 1.95. The number of Topliss-reactive ketones (excluding diaryl/α,β-unsaturated/α-hetero) is 1. The SMILES string of the molecule is CC(=O)C(Br)N1C(=O)NC(C)(C)C1=O. The number of carbonyl (C=O) groups is 3. The zero-order valence-electron chi connectivity index (χ0n) is 8.13. The quantitative estimate of drug-likeness (QED) is 0.451. The van der Waals surface area contributed by atoms with Gasteiger partial charge in [-0.2, -0.15) is 0 Å². The van der Waals surface area contributed by atoms with Gasteiger partial charge in [-0.05, 0) is 20.8 Å². The molecule has 1 aliphatic rings. The Kier molecular flexibility index (Phi) is 2.67. The summed E-state index contributed by atoms with van der Waals surface area (Å²) < 4.78 is 0. The normalized spacial score (nSPS) is 22.1. The molecule has 78 valence electrons. The molecule has 0 radical (unpaired) electrons. The summed E-state index contributed by atoms with van der Waals surface area (Å²) >= 11 is 3.00. The predicted molar refractivity (Wildman–Crippen MR) is 52.9 cm³/mol. The molecule has 1 unspecified atom stereocenters. The minimum atomic E-state index is -0.932. The third-order valence-corrected chi connectivity index (χ3v) is 3.01. The molecule has 1 heterocycles. The van der Waals surface area contributed by atoms with Crippen molar-refractivity contribution in [3.05, 3.63) is 0 Å². The van der Waals surface area contributed by atoms with Crippen LogP contribution in [0.2, 0.25) is 0 Å². The van der Waals surface area contributed by atoms with E-state index < -0.39 is 22.4 Å². The Labute approximate surface area is 89.9 Å². The van der Waals surface area contributed by atoms with E-state index >= 15 is 0 Å². The molecule has 0 aromatic carbocycles. The average molecular weight is 263 g/mol. The van der Waals surface area contributed by atoms with Crippen LogP contribution in [0.15, 0.2) is 0 Å². The van der Waals surface area contributed by atoms with Gasteiger partial charge in [0.2, 0.25) is 0 Å². The van der Waals surface area contributed by atoms with Crippen molar-refractivity contribution in [2.45, 2.75) is 31.3 Å². The summed E-state index contributed by atoms with van der Waals surface area (Å²) in [6, 6.07) is -0.544. The van der Waals surface area contributed by atoms with Crippen LogP contribution in [0.1, 0.15) is 20.8 Å². The highest BCUT2D eigenvalue weighted by atomic mass is 79.9. The highest BCUT2D eigenvalue weighted by molar-refractivity contribution is 9.10. The van der Waals surface area contributed by atoms with E-state index in [4.69, 9.17) is 0 Å². The van der Waals surface area contributed by atoms with E-state index in [0.29, 0.717) is 0 Å². The number of halogens is 1. The number of hydrogen-bond donors (Lipinski definition) is 1. The molecule has 0 bridgehead atoms. The van der Waals surface area contributed by atoms with E-state index in [0.717, 1.165) is 4.90 Å². The van der Waals surface area contributed by atoms with Crippen LogP contribution in [0.4, 0.5) is 4.79 Å². The van der Waals surface area contributed by atoms with E-state index in [2.05, 4.69) is 21.2 Å². The molecule has 1 fully saturated rings. The first-order valence-electron chi connectivity index (χ1n) is 4.07. The van der Waals surface area contributed by atoms with Crippen LogP contribution in [0.5, 0.6) is 0 Å². The molecule has 1 saturated heterocycles. The number of carbonyl (C=O) groups excluding carboxylic acids is 3. The van der Waals surface area contributed by atoms with Gasteiger partial charge in [0.1, 0.15) is 5.54 Å². The van der Waals surface area contributed by atoms with Crippen molar-refractivity contribution in [3.63, 3.8) is 0 Å². The zero-order valence-corrected chi connectivity index (χ0v) is 9.71. The maximum Gasteiger partial charge on any atom is 0.326 e. The molecule has 1 aliphatic heterocycles. The smallest absolute Gasteiger partial charge is 0.324 e. The fourth-order valence-corrected chi connectivity index (χ4v) is 1.53. The van der Waals surface area contributed by atoms with E-state index in [1.54, 1.807) is 13.8 Å². The van der Waals surface area contributed by atoms with Crippen molar-refractivity contribution in [1.82, 2.24) is 10.2 Å². The number of hydrogen-bond acceptors (Lipinski definition) is 3. The van der Waals surface area contributed by atoms with Crippen molar-refractivity contribution in [3.8, 4) is 0 Å². The standard InChI is InChI=1S/C8H11BrN2O3/c1-4(12)5(9)11-6(13)8(2,3)10-7(11)14/h5H,1-3H3,(H,10,14). The third kappa shape index (κ3) is 1.66. The minimum Gasteiger partial charge on any atom is -0.324 e. The molecule has 0 aromatic rings. The number of rotatable bonds is 2. The summed E-state index contributed by atoms with van der Waals surface area (Å²) in [5.41, 5.74) is -0.932. The molecule has 1 rings (SSSR count). The molecule has 6 heteroatoms. The van der Waals surface area contributed by atoms with Crippen LogP contribution < -0.4 is 5.32 Å². The lowest BCUT2D eigenvalue weighted by Crippen LogP contribution is -2.43. The topological polar surface area (TPSA) is 66.5 Å². The Bertz CT molecular complexity index is 314. The van der Waals surface area contributed by atoms with Crippen LogP contribution in [0, 0.1) is 0 Å². The fourth-order valence-electron chi connectivity index (χ4n) is 1.16. The summed E-state index contributed by atoms with van der Waals surface area (Å²) in [5, 5.41) is 2.48. The fraction of sp³-hybridized carbons (Fsp3) is 0.625. The van der Waals surface area contributed by atoms with E-state index in [1.807, 2.05) is 0 Å². The van der Waals surface area contributed by atoms with Crippen LogP contribution in [0.3, 0.4) is 0 Å². The number of ketones is 1. The average Bonchev–Trinajstić information content (AvgIpc) is 2.21. The molecule has 0 saturated carbocycles. The molecule has 0 aromatic heterocycles. The van der Waals surface area contributed by atoms with Crippen LogP contribution >= 0.6 is 15.9 Å². The monoisotopic (exact) mass is 262 g/mol. The van der Waals surface area contributed by atoms with Crippen molar-refractivity contribution in [2.24, 2.45) is 0 Å². The lowest BCUT2D eigenvalue weighted by Gasteiger charge is -2.18. The first-order valence-corrected chi connectivity index (χ1v) is 4.99. The summed E-state index contributed by atoms with van der Waals surface area (Å²) in [4.78, 5) is 34.0. The second-order valence-electron chi connectivity index (χ2n) is 3.68. The zero-order chi connectivity index (χ0) is 11.1. The van der Waals surface area contributed by atoms with Gasteiger partial charge in [0.05, 0.1) is 0 Å². The molecule has 0 aliphatic carbocycles. The number of nitrogens with one attached hydrogen (secondary N) is 1. The molecule has 0 spiro atoms. The van der Waals surface area contributed by atoms with Crippen LogP contribution in [-0.4, -0.2) is 33.1 Å². The number of amides is 3. The predicted octanol–water partition coefficient (Wildman–Crippen LogP) is 0.627. The highest BCUT2D eigenvalue weighted by Gasteiger charge is 2.47. The first-order chi connectivity index (χ1) is 6.27. The Morgan fingerprint density at radius 1 is 1.50 bits per heavy atom. The van der Waals surface area contributed by atoms with Crippen molar-refractivity contribution in [1.29, 1.82) is 0 Å². The number of alkyl halides is 1. The Morgan fingerprint density at radius 3 is 2.29 bits per heavy atom. The second-order valence-corrected chi connectivity index (χ2v) is 4.54. The molecular formula is C8H11BrN2O3. The molecular weight excluding hydrogens is 252 g/mol. The minimum absolute atomic E-state index is 0.286. The largest absolute Gasteiger partial charge is 0.326 e. The van der Waals surface area contributed by atoms with Gasteiger partial charge in [0, 0.05) is 0 Å². The van der Waals surface area contributed by atoms with Gasteiger partial charge in [-0.15, -0.1) is 0 Å². The molecule has 14 heavy (non-hydrogen) atoms. The number of urea groups is 1. The van der Waals surface area contributed by atoms with Gasteiger partial charge >= 0.3 is 6.03 Å². The van der Waals surface area contributed by atoms with Gasteiger partial charge in [-0.1, -0.05) is 15.9 Å².